The third-order valence-electron chi connectivity index (χ3n) is 9.71. The van der Waals surface area contributed by atoms with E-state index in [4.69, 9.17) is 0 Å². The number of rotatable bonds is 7. The summed E-state index contributed by atoms with van der Waals surface area (Å²) in [6.07, 6.45) is -9.48. The van der Waals surface area contributed by atoms with Crippen LogP contribution in [0, 0.1) is 13.8 Å². The van der Waals surface area contributed by atoms with Crippen molar-refractivity contribution < 1.29 is 35.9 Å². The molecular formula is C44H28F6N4O2S2. The van der Waals surface area contributed by atoms with Crippen LogP contribution in [0.25, 0.3) is 42.7 Å². The van der Waals surface area contributed by atoms with Crippen LogP contribution in [0.2, 0.25) is 0 Å². The summed E-state index contributed by atoms with van der Waals surface area (Å²) in [6, 6.07) is 27.4. The zero-order chi connectivity index (χ0) is 40.9. The number of alkyl halides is 6. The molecule has 0 aliphatic carbocycles. The van der Waals surface area contributed by atoms with Gasteiger partial charge in [0.2, 0.25) is 0 Å². The first-order chi connectivity index (χ1) is 27.7. The van der Waals surface area contributed by atoms with Gasteiger partial charge in [0.25, 0.3) is 11.8 Å². The lowest BCUT2D eigenvalue weighted by Gasteiger charge is -2.27. The first-order valence-corrected chi connectivity index (χ1v) is 19.3. The van der Waals surface area contributed by atoms with E-state index in [0.29, 0.717) is 33.8 Å². The van der Waals surface area contributed by atoms with Crippen molar-refractivity contribution in [2.45, 2.75) is 26.2 Å². The molecule has 2 heterocycles. The van der Waals surface area contributed by atoms with E-state index >= 15 is 4.79 Å². The Morgan fingerprint density at radius 1 is 0.621 bits per heavy atom. The second-order valence-electron chi connectivity index (χ2n) is 13.5. The molecule has 0 atom stereocenters. The van der Waals surface area contributed by atoms with E-state index in [2.05, 4.69) is 15.3 Å². The zero-order valence-electron chi connectivity index (χ0n) is 30.4. The van der Waals surface area contributed by atoms with Gasteiger partial charge >= 0.3 is 12.4 Å². The molecule has 0 unspecified atom stereocenters. The number of carbonyl (C=O) groups excluding carboxylic acids is 2. The predicted molar refractivity (Wildman–Crippen MR) is 217 cm³/mol. The lowest BCUT2D eigenvalue weighted by atomic mass is 9.93. The number of hydrogen-bond acceptors (Lipinski definition) is 6. The van der Waals surface area contributed by atoms with Crippen molar-refractivity contribution in [2.24, 2.45) is 0 Å². The number of fused-ring (bicyclic) bond motifs is 2. The summed E-state index contributed by atoms with van der Waals surface area (Å²) in [7, 11) is 0. The summed E-state index contributed by atoms with van der Waals surface area (Å²) in [6.45, 7) is 3.62. The van der Waals surface area contributed by atoms with E-state index < -0.39 is 35.3 Å². The minimum atomic E-state index is -4.75. The largest absolute Gasteiger partial charge is 0.416 e. The van der Waals surface area contributed by atoms with Gasteiger partial charge in [-0.3, -0.25) is 14.5 Å². The van der Waals surface area contributed by atoms with Gasteiger partial charge in [-0.15, -0.1) is 22.7 Å². The maximum Gasteiger partial charge on any atom is 0.416 e. The van der Waals surface area contributed by atoms with Crippen LogP contribution in [0.5, 0.6) is 0 Å². The van der Waals surface area contributed by atoms with Gasteiger partial charge in [-0.1, -0.05) is 36.4 Å². The Bertz CT molecular complexity index is 2900. The van der Waals surface area contributed by atoms with Gasteiger partial charge in [0, 0.05) is 22.5 Å². The van der Waals surface area contributed by atoms with E-state index in [-0.39, 0.29) is 28.2 Å². The van der Waals surface area contributed by atoms with E-state index in [1.54, 1.807) is 54.3 Å². The summed E-state index contributed by atoms with van der Waals surface area (Å²) in [4.78, 5) is 39.1. The highest BCUT2D eigenvalue weighted by Gasteiger charge is 2.34. The third-order valence-corrected chi connectivity index (χ3v) is 11.3. The van der Waals surface area contributed by atoms with Crippen LogP contribution in [0.1, 0.15) is 43.0 Å². The van der Waals surface area contributed by atoms with E-state index in [1.807, 2.05) is 31.2 Å². The zero-order valence-corrected chi connectivity index (χ0v) is 32.0. The second-order valence-corrected chi connectivity index (χ2v) is 15.2. The summed E-state index contributed by atoms with van der Waals surface area (Å²) < 4.78 is 85.6. The summed E-state index contributed by atoms with van der Waals surface area (Å²) in [5, 5.41) is 2.74. The van der Waals surface area contributed by atoms with Crippen LogP contribution in [-0.2, 0) is 12.4 Å². The maximum absolute atomic E-state index is 15.3. The maximum atomic E-state index is 15.3. The molecule has 2 amide bonds. The van der Waals surface area contributed by atoms with Crippen LogP contribution >= 0.6 is 22.7 Å². The Hall–Kier alpha value is -6.38. The standard InChI is InChI=1S/C44H28F6N4O2S2/c1-24-9-13-32(21-34(24)26-11-15-35-37(18-26)57-22-51-35)54(31-8-4-7-30(20-31)44(48,49)50)42(56)33-14-10-25(2)39(27-12-16-36-38(19-27)58-23-52-36)40(33)53-41(55)28-5-3-6-29(17-28)43(45,46)47/h3-23H,1-2H3,(H,53,55). The average Bonchev–Trinajstić information content (AvgIpc) is 3.87. The molecule has 8 aromatic rings. The lowest BCUT2D eigenvalue weighted by molar-refractivity contribution is -0.138. The lowest BCUT2D eigenvalue weighted by Crippen LogP contribution is -2.28. The fourth-order valence-corrected chi connectivity index (χ4v) is 8.26. The van der Waals surface area contributed by atoms with Gasteiger partial charge in [0.15, 0.2) is 0 Å². The van der Waals surface area contributed by atoms with Crippen molar-refractivity contribution in [2.75, 3.05) is 10.2 Å². The molecule has 0 aliphatic rings. The number of aryl methyl sites for hydroxylation is 2. The summed E-state index contributed by atoms with van der Waals surface area (Å²) in [5.74, 6) is -1.75. The Kier molecular flexibility index (Phi) is 9.85. The van der Waals surface area contributed by atoms with Crippen molar-refractivity contribution in [3.05, 3.63) is 160 Å². The topological polar surface area (TPSA) is 75.2 Å². The first kappa shape index (κ1) is 38.5. The number of carbonyl (C=O) groups is 2. The molecular weight excluding hydrogens is 795 g/mol. The number of amides is 2. The number of thiazole rings is 2. The monoisotopic (exact) mass is 822 g/mol. The number of benzene rings is 6. The molecule has 0 saturated heterocycles. The van der Waals surface area contributed by atoms with Gasteiger partial charge in [0.1, 0.15) is 0 Å². The minimum absolute atomic E-state index is 0.0452. The van der Waals surface area contributed by atoms with Gasteiger partial charge < -0.3 is 5.32 Å². The highest BCUT2D eigenvalue weighted by Crippen LogP contribution is 2.42. The van der Waals surface area contributed by atoms with Crippen LogP contribution in [-0.4, -0.2) is 21.8 Å². The molecule has 58 heavy (non-hydrogen) atoms. The molecule has 0 spiro atoms. The molecule has 8 rings (SSSR count). The Labute approximate surface area is 335 Å². The molecule has 2 aromatic heterocycles. The minimum Gasteiger partial charge on any atom is -0.321 e. The SMILES string of the molecule is Cc1ccc(N(C(=O)c2ccc(C)c(-c3ccc4ncsc4c3)c2NC(=O)c2cccc(C(F)(F)F)c2)c2cccc(C(F)(F)F)c2)cc1-c1ccc2ncsc2c1. The highest BCUT2D eigenvalue weighted by atomic mass is 32.1. The molecule has 6 aromatic carbocycles. The van der Waals surface area contributed by atoms with Crippen LogP contribution in [0.3, 0.4) is 0 Å². The Balaban J connectivity index is 1.33. The summed E-state index contributed by atoms with van der Waals surface area (Å²) in [5.41, 5.74) is 6.32. The van der Waals surface area contributed by atoms with Gasteiger partial charge in [0.05, 0.1) is 53.8 Å². The second kappa shape index (κ2) is 14.8. The van der Waals surface area contributed by atoms with Crippen molar-refractivity contribution in [3.63, 3.8) is 0 Å². The quantitative estimate of drug-likeness (QED) is 0.162. The van der Waals surface area contributed by atoms with Gasteiger partial charge in [-0.05, 0) is 121 Å². The smallest absolute Gasteiger partial charge is 0.321 e. The molecule has 290 valence electrons. The Morgan fingerprint density at radius 3 is 1.88 bits per heavy atom. The predicted octanol–water partition coefficient (Wildman–Crippen LogP) is 13.1. The Morgan fingerprint density at radius 2 is 1.21 bits per heavy atom. The molecule has 1 N–H and O–H groups in total. The molecule has 0 fully saturated rings. The van der Waals surface area contributed by atoms with Crippen LogP contribution in [0.4, 0.5) is 43.4 Å². The van der Waals surface area contributed by atoms with Crippen molar-refractivity contribution in [1.29, 1.82) is 0 Å². The average molecular weight is 823 g/mol. The van der Waals surface area contributed by atoms with Crippen LogP contribution in [0.15, 0.2) is 126 Å². The number of hydrogen-bond donors (Lipinski definition) is 1. The van der Waals surface area contributed by atoms with Crippen molar-refractivity contribution in [1.82, 2.24) is 9.97 Å². The molecule has 14 heteroatoms. The molecule has 0 saturated carbocycles. The fraction of sp³-hybridized carbons (Fsp3) is 0.0909. The first-order valence-electron chi connectivity index (χ1n) is 17.6. The van der Waals surface area contributed by atoms with E-state index in [1.165, 1.54) is 46.9 Å². The van der Waals surface area contributed by atoms with Gasteiger partial charge in [-0.2, -0.15) is 26.3 Å². The molecule has 0 bridgehead atoms. The number of nitrogens with one attached hydrogen (secondary N) is 1. The molecule has 0 radical (unpaired) electrons. The van der Waals surface area contributed by atoms with Crippen LogP contribution < -0.4 is 10.2 Å². The molecule has 0 aliphatic heterocycles. The molecule has 6 nitrogen and oxygen atoms in total. The van der Waals surface area contributed by atoms with E-state index in [9.17, 15) is 31.1 Å². The number of aromatic nitrogens is 2. The fourth-order valence-electron chi connectivity index (χ4n) is 6.83. The number of nitrogens with zero attached hydrogens (tertiary/aromatic N) is 3. The third kappa shape index (κ3) is 7.43. The van der Waals surface area contributed by atoms with Crippen molar-refractivity contribution in [3.8, 4) is 22.3 Å². The normalized spacial score (nSPS) is 11.9. The van der Waals surface area contributed by atoms with Crippen molar-refractivity contribution >= 4 is 72.0 Å². The van der Waals surface area contributed by atoms with Gasteiger partial charge in [-0.25, -0.2) is 9.97 Å². The number of halogens is 6. The number of anilines is 3. The van der Waals surface area contributed by atoms with E-state index in [0.717, 1.165) is 55.2 Å². The summed E-state index contributed by atoms with van der Waals surface area (Å²) >= 11 is 2.81. The highest BCUT2D eigenvalue weighted by molar-refractivity contribution is 7.17.